The van der Waals surface area contributed by atoms with Crippen molar-refractivity contribution in [2.45, 2.75) is 25.8 Å². The first-order valence-corrected chi connectivity index (χ1v) is 11.8. The molecule has 0 radical (unpaired) electrons. The van der Waals surface area contributed by atoms with Crippen LogP contribution < -0.4 is 16.0 Å². The van der Waals surface area contributed by atoms with Crippen LogP contribution in [0, 0.1) is 12.9 Å². The molecule has 0 spiro atoms. The Kier molecular flexibility index (Phi) is 5.74. The highest BCUT2D eigenvalue weighted by Crippen LogP contribution is 2.35. The number of nitrogens with one attached hydrogen (secondary N) is 1. The number of hydrogen-bond acceptors (Lipinski definition) is 7. The fraction of sp³-hybridized carbons (Fsp3) is 0.250. The second kappa shape index (κ2) is 8.86. The summed E-state index contributed by atoms with van der Waals surface area (Å²) < 4.78 is 15.5. The number of nitrogens with zero attached hydrogens (tertiary/aromatic N) is 5. The van der Waals surface area contributed by atoms with Gasteiger partial charge in [0.25, 0.3) is 5.91 Å². The van der Waals surface area contributed by atoms with E-state index in [2.05, 4.69) is 31.9 Å². The fourth-order valence-electron chi connectivity index (χ4n) is 4.48. The molecule has 1 fully saturated rings. The molecule has 0 bridgehead atoms. The van der Waals surface area contributed by atoms with E-state index in [0.717, 1.165) is 35.5 Å². The van der Waals surface area contributed by atoms with Gasteiger partial charge in [0, 0.05) is 41.8 Å². The molecule has 0 unspecified atom stereocenters. The molecule has 1 aliphatic rings. The topological polar surface area (TPSA) is 101 Å². The summed E-state index contributed by atoms with van der Waals surface area (Å²) in [6, 6.07) is 6.97. The average Bonchev–Trinajstić information content (AvgIpc) is 3.41. The number of amides is 1. The SMILES string of the molecule is C=Cc1cc(C)sc1C(=O)N[C@@H]1CCCN(c2cc(-c3ccnc(F)c3)n3ncnc(N)c23)C1. The molecule has 5 rings (SSSR count). The number of nitrogens with two attached hydrogens (primary N) is 1. The van der Waals surface area contributed by atoms with Gasteiger partial charge < -0.3 is 16.0 Å². The van der Waals surface area contributed by atoms with Crippen LogP contribution in [0.15, 0.2) is 43.4 Å². The number of pyridine rings is 1. The number of carbonyl (C=O) groups is 1. The normalized spacial score (nSPS) is 16.1. The van der Waals surface area contributed by atoms with E-state index in [9.17, 15) is 9.18 Å². The van der Waals surface area contributed by atoms with Crippen LogP contribution >= 0.6 is 11.3 Å². The van der Waals surface area contributed by atoms with Crippen LogP contribution in [0.3, 0.4) is 0 Å². The van der Waals surface area contributed by atoms with Gasteiger partial charge in [-0.05, 0) is 43.5 Å². The second-order valence-corrected chi connectivity index (χ2v) is 9.55. The van der Waals surface area contributed by atoms with Crippen molar-refractivity contribution in [3.05, 3.63) is 64.6 Å². The van der Waals surface area contributed by atoms with Crippen molar-refractivity contribution in [3.8, 4) is 11.3 Å². The van der Waals surface area contributed by atoms with Gasteiger partial charge in [-0.15, -0.1) is 11.3 Å². The number of nitrogen functional groups attached to an aromatic ring is 1. The van der Waals surface area contributed by atoms with E-state index in [-0.39, 0.29) is 11.9 Å². The maximum atomic E-state index is 13.8. The lowest BCUT2D eigenvalue weighted by Gasteiger charge is -2.34. The summed E-state index contributed by atoms with van der Waals surface area (Å²) in [6.45, 7) is 7.20. The van der Waals surface area contributed by atoms with Crippen LogP contribution in [0.2, 0.25) is 0 Å². The highest BCUT2D eigenvalue weighted by Gasteiger charge is 2.27. The highest BCUT2D eigenvalue weighted by atomic mass is 32.1. The summed E-state index contributed by atoms with van der Waals surface area (Å²) in [5.41, 5.74) is 9.94. The van der Waals surface area contributed by atoms with Gasteiger partial charge in [-0.25, -0.2) is 14.5 Å². The summed E-state index contributed by atoms with van der Waals surface area (Å²) >= 11 is 1.47. The molecule has 0 aliphatic carbocycles. The van der Waals surface area contributed by atoms with E-state index in [1.807, 2.05) is 19.1 Å². The van der Waals surface area contributed by atoms with Crippen molar-refractivity contribution >= 4 is 40.3 Å². The van der Waals surface area contributed by atoms with Crippen molar-refractivity contribution in [1.82, 2.24) is 24.9 Å². The number of piperidine rings is 1. The van der Waals surface area contributed by atoms with Gasteiger partial charge in [-0.1, -0.05) is 12.7 Å². The van der Waals surface area contributed by atoms with E-state index in [4.69, 9.17) is 5.73 Å². The quantitative estimate of drug-likeness (QED) is 0.423. The van der Waals surface area contributed by atoms with E-state index in [0.29, 0.717) is 34.0 Å². The molecule has 0 aromatic carbocycles. The van der Waals surface area contributed by atoms with Gasteiger partial charge in [-0.2, -0.15) is 9.49 Å². The van der Waals surface area contributed by atoms with Crippen molar-refractivity contribution in [2.24, 2.45) is 0 Å². The number of fused-ring (bicyclic) bond motifs is 1. The van der Waals surface area contributed by atoms with Gasteiger partial charge in [0.2, 0.25) is 5.95 Å². The lowest BCUT2D eigenvalue weighted by molar-refractivity contribution is 0.0937. The molecular weight excluding hydrogens is 453 g/mol. The smallest absolute Gasteiger partial charge is 0.262 e. The third-order valence-electron chi connectivity index (χ3n) is 5.99. The maximum Gasteiger partial charge on any atom is 0.262 e. The number of aromatic nitrogens is 4. The first-order chi connectivity index (χ1) is 16.4. The molecule has 3 N–H and O–H groups in total. The number of aryl methyl sites for hydroxylation is 1. The van der Waals surface area contributed by atoms with Gasteiger partial charge in [0.15, 0.2) is 5.82 Å². The molecule has 1 atom stereocenters. The molecule has 1 aliphatic heterocycles. The Morgan fingerprint density at radius 3 is 3.00 bits per heavy atom. The zero-order valence-electron chi connectivity index (χ0n) is 18.7. The number of rotatable bonds is 5. The summed E-state index contributed by atoms with van der Waals surface area (Å²) in [7, 11) is 0. The first kappa shape index (κ1) is 22.0. The number of anilines is 2. The monoisotopic (exact) mass is 477 g/mol. The lowest BCUT2D eigenvalue weighted by atomic mass is 10.0. The second-order valence-electron chi connectivity index (χ2n) is 8.29. The van der Waals surface area contributed by atoms with Crippen LogP contribution in [-0.2, 0) is 0 Å². The molecule has 174 valence electrons. The fourth-order valence-corrected chi connectivity index (χ4v) is 5.40. The Morgan fingerprint density at radius 1 is 1.35 bits per heavy atom. The predicted molar refractivity (Wildman–Crippen MR) is 132 cm³/mol. The van der Waals surface area contributed by atoms with E-state index in [1.54, 1.807) is 16.7 Å². The highest BCUT2D eigenvalue weighted by molar-refractivity contribution is 7.14. The van der Waals surface area contributed by atoms with Crippen molar-refractivity contribution in [1.29, 1.82) is 0 Å². The van der Waals surface area contributed by atoms with Gasteiger partial charge in [-0.3, -0.25) is 4.79 Å². The minimum Gasteiger partial charge on any atom is -0.382 e. The van der Waals surface area contributed by atoms with Gasteiger partial charge in [0.1, 0.15) is 11.8 Å². The molecule has 34 heavy (non-hydrogen) atoms. The minimum atomic E-state index is -0.570. The van der Waals surface area contributed by atoms with Gasteiger partial charge >= 0.3 is 0 Å². The Bertz CT molecular complexity index is 1400. The van der Waals surface area contributed by atoms with Crippen LogP contribution in [0.25, 0.3) is 22.9 Å². The largest absolute Gasteiger partial charge is 0.382 e. The maximum absolute atomic E-state index is 13.8. The average molecular weight is 478 g/mol. The van der Waals surface area contributed by atoms with Crippen LogP contribution in [0.4, 0.5) is 15.9 Å². The summed E-state index contributed by atoms with van der Waals surface area (Å²) in [6.07, 6.45) is 6.28. The summed E-state index contributed by atoms with van der Waals surface area (Å²) in [5.74, 6) is -0.321. The number of hydrogen-bond donors (Lipinski definition) is 2. The third kappa shape index (κ3) is 4.01. The van der Waals surface area contributed by atoms with Crippen molar-refractivity contribution in [2.75, 3.05) is 23.7 Å². The molecule has 4 aromatic rings. The van der Waals surface area contributed by atoms with Crippen molar-refractivity contribution < 1.29 is 9.18 Å². The number of carbonyl (C=O) groups excluding carboxylic acids is 1. The molecular formula is C24H24FN7OS. The Labute approximate surface area is 199 Å². The Balaban J connectivity index is 1.46. The summed E-state index contributed by atoms with van der Waals surface area (Å²) in [5, 5.41) is 7.56. The minimum absolute atomic E-state index is 0.0380. The van der Waals surface area contributed by atoms with Gasteiger partial charge in [0.05, 0.1) is 16.3 Å². The summed E-state index contributed by atoms with van der Waals surface area (Å²) in [4.78, 5) is 24.7. The van der Waals surface area contributed by atoms with E-state index < -0.39 is 5.95 Å². The zero-order valence-corrected chi connectivity index (χ0v) is 19.5. The molecule has 8 nitrogen and oxygen atoms in total. The first-order valence-electron chi connectivity index (χ1n) is 11.0. The molecule has 1 saturated heterocycles. The standard InChI is InChI=1S/C24H24FN7OS/c1-3-15-9-14(2)34-22(15)24(33)30-17-5-4-8-31(12-17)19-11-18(16-6-7-27-20(25)10-16)32-21(19)23(26)28-13-29-32/h3,6-7,9-11,13,17H,1,4-5,8,12H2,2H3,(H,30,33)(H2,26,28,29)/t17-/m1/s1. The predicted octanol–water partition coefficient (Wildman–Crippen LogP) is 3.92. The molecule has 1 amide bonds. The zero-order chi connectivity index (χ0) is 23.8. The number of thiophene rings is 1. The van der Waals surface area contributed by atoms with Crippen LogP contribution in [0.1, 0.15) is 33.0 Å². The van der Waals surface area contributed by atoms with Crippen molar-refractivity contribution in [3.63, 3.8) is 0 Å². The molecule has 0 saturated carbocycles. The third-order valence-corrected chi connectivity index (χ3v) is 7.06. The van der Waals surface area contributed by atoms with E-state index >= 15 is 0 Å². The molecule has 4 aromatic heterocycles. The molecule has 5 heterocycles. The van der Waals surface area contributed by atoms with Crippen LogP contribution in [0.5, 0.6) is 0 Å². The van der Waals surface area contributed by atoms with Crippen LogP contribution in [-0.4, -0.2) is 44.6 Å². The number of halogens is 1. The Morgan fingerprint density at radius 2 is 2.21 bits per heavy atom. The Hall–Kier alpha value is -3.79. The molecule has 10 heteroatoms. The lowest BCUT2D eigenvalue weighted by Crippen LogP contribution is -2.47. The van der Waals surface area contributed by atoms with E-state index in [1.165, 1.54) is 29.9 Å².